The van der Waals surface area contributed by atoms with Crippen molar-refractivity contribution >= 4 is 27.7 Å². The highest BCUT2D eigenvalue weighted by molar-refractivity contribution is 9.10. The minimum Gasteiger partial charge on any atom is -0.395 e. The average molecular weight is 272 g/mol. The van der Waals surface area contributed by atoms with Crippen molar-refractivity contribution in [3.8, 4) is 6.07 Å². The Kier molecular flexibility index (Phi) is 4.46. The van der Waals surface area contributed by atoms with Gasteiger partial charge in [-0.05, 0) is 28.1 Å². The fraction of sp³-hybridized carbons (Fsp3) is 0.300. The van der Waals surface area contributed by atoms with Crippen LogP contribution in [0.1, 0.15) is 12.5 Å². The second-order valence-corrected chi connectivity index (χ2v) is 5.17. The Morgan fingerprint density at radius 2 is 2.36 bits per heavy atom. The molecule has 1 N–H and O–H groups in total. The Hall–Kier alpha value is -0.500. The molecule has 0 spiro atoms. The number of aliphatic hydroxyl groups excluding tert-OH is 1. The summed E-state index contributed by atoms with van der Waals surface area (Å²) in [7, 11) is 0. The lowest BCUT2D eigenvalue weighted by atomic mass is 10.2. The van der Waals surface area contributed by atoms with Crippen molar-refractivity contribution in [2.75, 3.05) is 6.61 Å². The number of rotatable bonds is 3. The van der Waals surface area contributed by atoms with E-state index in [1.807, 2.05) is 25.1 Å². The zero-order chi connectivity index (χ0) is 10.6. The molecule has 1 aromatic rings. The molecular formula is C10H10BrNOS. The van der Waals surface area contributed by atoms with Crippen LogP contribution < -0.4 is 0 Å². The summed E-state index contributed by atoms with van der Waals surface area (Å²) in [4.78, 5) is 0.906. The molecule has 0 radical (unpaired) electrons. The normalized spacial score (nSPS) is 12.1. The second kappa shape index (κ2) is 5.40. The van der Waals surface area contributed by atoms with E-state index < -0.39 is 0 Å². The number of benzene rings is 1. The molecule has 1 unspecified atom stereocenters. The van der Waals surface area contributed by atoms with E-state index in [4.69, 9.17) is 10.4 Å². The maximum absolute atomic E-state index is 8.93. The van der Waals surface area contributed by atoms with E-state index in [0.717, 1.165) is 9.37 Å². The van der Waals surface area contributed by atoms with Crippen LogP contribution >= 0.6 is 27.7 Å². The third-order valence-corrected chi connectivity index (χ3v) is 3.48. The van der Waals surface area contributed by atoms with Crippen LogP contribution in [0.2, 0.25) is 0 Å². The number of hydrogen-bond acceptors (Lipinski definition) is 3. The first kappa shape index (κ1) is 11.6. The van der Waals surface area contributed by atoms with Crippen LogP contribution in [0.4, 0.5) is 0 Å². The van der Waals surface area contributed by atoms with Crippen molar-refractivity contribution in [1.82, 2.24) is 0 Å². The molecular weight excluding hydrogens is 262 g/mol. The van der Waals surface area contributed by atoms with Crippen molar-refractivity contribution in [3.05, 3.63) is 28.2 Å². The van der Waals surface area contributed by atoms with Crippen molar-refractivity contribution in [3.63, 3.8) is 0 Å². The van der Waals surface area contributed by atoms with E-state index in [-0.39, 0.29) is 11.9 Å². The third kappa shape index (κ3) is 2.74. The summed E-state index contributed by atoms with van der Waals surface area (Å²) in [6, 6.07) is 7.76. The van der Waals surface area contributed by atoms with Gasteiger partial charge in [0, 0.05) is 14.6 Å². The van der Waals surface area contributed by atoms with Crippen molar-refractivity contribution < 1.29 is 5.11 Å². The number of aliphatic hydroxyl groups is 1. The summed E-state index contributed by atoms with van der Waals surface area (Å²) < 4.78 is 0.801. The van der Waals surface area contributed by atoms with Crippen molar-refractivity contribution in [2.45, 2.75) is 17.1 Å². The van der Waals surface area contributed by atoms with Gasteiger partial charge in [0.2, 0.25) is 0 Å². The maximum Gasteiger partial charge on any atom is 0.101 e. The minimum absolute atomic E-state index is 0.108. The first-order chi connectivity index (χ1) is 6.69. The summed E-state index contributed by atoms with van der Waals surface area (Å²) in [5.41, 5.74) is 0.637. The first-order valence-corrected chi connectivity index (χ1v) is 5.82. The highest BCUT2D eigenvalue weighted by Gasteiger charge is 2.09. The molecule has 74 valence electrons. The minimum atomic E-state index is 0.108. The molecule has 0 aliphatic carbocycles. The molecule has 0 saturated carbocycles. The highest BCUT2D eigenvalue weighted by Crippen LogP contribution is 2.30. The molecule has 1 atom stereocenters. The SMILES string of the molecule is CC(CO)Sc1cccc(Br)c1C#N. The molecule has 0 amide bonds. The molecule has 2 nitrogen and oxygen atoms in total. The maximum atomic E-state index is 8.93. The molecule has 0 fully saturated rings. The van der Waals surface area contributed by atoms with E-state index in [1.165, 1.54) is 11.8 Å². The average Bonchev–Trinajstić information content (AvgIpc) is 2.18. The van der Waals surface area contributed by atoms with Gasteiger partial charge < -0.3 is 5.11 Å². The third-order valence-electron chi connectivity index (χ3n) is 1.67. The first-order valence-electron chi connectivity index (χ1n) is 4.15. The van der Waals surface area contributed by atoms with Crippen LogP contribution in [-0.2, 0) is 0 Å². The standard InChI is InChI=1S/C10H10BrNOS/c1-7(6-13)14-10-4-2-3-9(11)8(10)5-12/h2-4,7,13H,6H2,1H3. The summed E-state index contributed by atoms with van der Waals surface area (Å²) >= 11 is 4.83. The molecule has 4 heteroatoms. The van der Waals surface area contributed by atoms with E-state index in [0.29, 0.717) is 5.56 Å². The summed E-state index contributed by atoms with van der Waals surface area (Å²) in [5.74, 6) is 0. The fourth-order valence-electron chi connectivity index (χ4n) is 0.965. The van der Waals surface area contributed by atoms with Gasteiger partial charge in [0.05, 0.1) is 12.2 Å². The van der Waals surface area contributed by atoms with E-state index in [9.17, 15) is 0 Å². The Bertz CT molecular complexity index is 362. The van der Waals surface area contributed by atoms with Gasteiger partial charge in [-0.2, -0.15) is 5.26 Å². The van der Waals surface area contributed by atoms with Gasteiger partial charge in [0.15, 0.2) is 0 Å². The van der Waals surface area contributed by atoms with Gasteiger partial charge in [-0.25, -0.2) is 0 Å². The molecule has 14 heavy (non-hydrogen) atoms. The van der Waals surface area contributed by atoms with Gasteiger partial charge in [-0.15, -0.1) is 11.8 Å². The summed E-state index contributed by atoms with van der Waals surface area (Å²) in [6.45, 7) is 2.04. The highest BCUT2D eigenvalue weighted by atomic mass is 79.9. The topological polar surface area (TPSA) is 44.0 Å². The second-order valence-electron chi connectivity index (χ2n) is 2.84. The van der Waals surface area contributed by atoms with Crippen LogP contribution in [0.15, 0.2) is 27.6 Å². The lowest BCUT2D eigenvalue weighted by Crippen LogP contribution is -2.02. The van der Waals surface area contributed by atoms with Gasteiger partial charge in [0.1, 0.15) is 6.07 Å². The molecule has 0 bridgehead atoms. The van der Waals surface area contributed by atoms with Crippen molar-refractivity contribution in [2.24, 2.45) is 0 Å². The van der Waals surface area contributed by atoms with Crippen LogP contribution in [0.25, 0.3) is 0 Å². The molecule has 0 aliphatic heterocycles. The molecule has 0 heterocycles. The summed E-state index contributed by atoms with van der Waals surface area (Å²) in [5, 5.41) is 18.0. The Labute approximate surface area is 96.1 Å². The lowest BCUT2D eigenvalue weighted by molar-refractivity contribution is 0.300. The van der Waals surface area contributed by atoms with Crippen LogP contribution in [0, 0.1) is 11.3 Å². The van der Waals surface area contributed by atoms with Crippen LogP contribution in [-0.4, -0.2) is 17.0 Å². The van der Waals surface area contributed by atoms with Gasteiger partial charge >= 0.3 is 0 Å². The number of hydrogen-bond donors (Lipinski definition) is 1. The van der Waals surface area contributed by atoms with Gasteiger partial charge in [-0.3, -0.25) is 0 Å². The van der Waals surface area contributed by atoms with E-state index in [2.05, 4.69) is 22.0 Å². The molecule has 1 aromatic carbocycles. The number of nitriles is 1. The Balaban J connectivity index is 2.98. The summed E-state index contributed by atoms with van der Waals surface area (Å²) in [6.07, 6.45) is 0. The number of nitrogens with zero attached hydrogens (tertiary/aromatic N) is 1. The predicted molar refractivity (Wildman–Crippen MR) is 61.3 cm³/mol. The molecule has 0 aliphatic rings. The van der Waals surface area contributed by atoms with Crippen LogP contribution in [0.3, 0.4) is 0 Å². The zero-order valence-electron chi connectivity index (χ0n) is 7.70. The Morgan fingerprint density at radius 3 is 2.93 bits per heavy atom. The molecule has 1 rings (SSSR count). The molecule has 0 aromatic heterocycles. The fourth-order valence-corrected chi connectivity index (χ4v) is 2.49. The van der Waals surface area contributed by atoms with E-state index >= 15 is 0 Å². The smallest absolute Gasteiger partial charge is 0.101 e. The predicted octanol–water partition coefficient (Wildman–Crippen LogP) is 2.79. The Morgan fingerprint density at radius 1 is 1.64 bits per heavy atom. The number of halogens is 1. The number of thioether (sulfide) groups is 1. The molecule has 0 saturated heterocycles. The lowest BCUT2D eigenvalue weighted by Gasteiger charge is -2.09. The largest absolute Gasteiger partial charge is 0.395 e. The monoisotopic (exact) mass is 271 g/mol. The van der Waals surface area contributed by atoms with Gasteiger partial charge in [-0.1, -0.05) is 13.0 Å². The zero-order valence-corrected chi connectivity index (χ0v) is 10.1. The quantitative estimate of drug-likeness (QED) is 0.860. The van der Waals surface area contributed by atoms with Gasteiger partial charge in [0.25, 0.3) is 0 Å². The van der Waals surface area contributed by atoms with Crippen LogP contribution in [0.5, 0.6) is 0 Å². The van der Waals surface area contributed by atoms with Crippen molar-refractivity contribution in [1.29, 1.82) is 5.26 Å². The van der Waals surface area contributed by atoms with E-state index in [1.54, 1.807) is 0 Å².